The van der Waals surface area contributed by atoms with Gasteiger partial charge >= 0.3 is 0 Å². The number of carbonyl (C=O) groups excluding carboxylic acids is 1. The van der Waals surface area contributed by atoms with Crippen molar-refractivity contribution in [1.82, 2.24) is 4.90 Å². The predicted molar refractivity (Wildman–Crippen MR) is 99.4 cm³/mol. The maximum atomic E-state index is 12.6. The molecule has 1 amide bonds. The topological polar surface area (TPSA) is 55.6 Å². The van der Waals surface area contributed by atoms with E-state index in [2.05, 4.69) is 0 Å². The summed E-state index contributed by atoms with van der Waals surface area (Å²) < 4.78 is 5.84. The molecule has 3 rings (SSSR count). The van der Waals surface area contributed by atoms with Crippen LogP contribution in [0.4, 0.5) is 0 Å². The van der Waals surface area contributed by atoms with Gasteiger partial charge in [-0.15, -0.1) is 0 Å². The smallest absolute Gasteiger partial charge is 0.239 e. The third kappa shape index (κ3) is 5.07. The van der Waals surface area contributed by atoms with Crippen molar-refractivity contribution >= 4 is 5.91 Å². The number of rotatable bonds is 6. The largest absolute Gasteiger partial charge is 0.493 e. The lowest BCUT2D eigenvalue weighted by Crippen LogP contribution is -2.48. The van der Waals surface area contributed by atoms with Gasteiger partial charge in [0.05, 0.1) is 12.6 Å². The highest BCUT2D eigenvalue weighted by Gasteiger charge is 2.26. The number of likely N-dealkylation sites (tertiary alicyclic amines) is 1. The number of nitrogens with zero attached hydrogens (tertiary/aromatic N) is 1. The standard InChI is InChI=1S/C21H26N2O2/c22-20(15-17-7-3-1-4-8-17)21(24)23-13-11-18(12-14-23)16-25-19-9-5-2-6-10-19/h1-10,18,20H,11-16,22H2/t20-/m1/s1. The van der Waals surface area contributed by atoms with Gasteiger partial charge in [0.1, 0.15) is 5.75 Å². The second-order valence-electron chi connectivity index (χ2n) is 6.69. The van der Waals surface area contributed by atoms with Crippen LogP contribution in [0.25, 0.3) is 0 Å². The van der Waals surface area contributed by atoms with Gasteiger partial charge in [-0.2, -0.15) is 0 Å². The van der Waals surface area contributed by atoms with Gasteiger partial charge in [0, 0.05) is 13.1 Å². The van der Waals surface area contributed by atoms with Crippen molar-refractivity contribution in [3.63, 3.8) is 0 Å². The van der Waals surface area contributed by atoms with Crippen LogP contribution in [0.15, 0.2) is 60.7 Å². The number of benzene rings is 2. The Balaban J connectivity index is 1.42. The highest BCUT2D eigenvalue weighted by Crippen LogP contribution is 2.20. The van der Waals surface area contributed by atoms with Crippen LogP contribution in [-0.2, 0) is 11.2 Å². The van der Waals surface area contributed by atoms with Crippen molar-refractivity contribution < 1.29 is 9.53 Å². The normalized spacial score (nSPS) is 16.4. The molecule has 0 aliphatic carbocycles. The summed E-state index contributed by atoms with van der Waals surface area (Å²) in [5.41, 5.74) is 7.24. The zero-order chi connectivity index (χ0) is 17.5. The molecule has 0 spiro atoms. The number of hydrogen-bond donors (Lipinski definition) is 1. The highest BCUT2D eigenvalue weighted by molar-refractivity contribution is 5.82. The van der Waals surface area contributed by atoms with Crippen LogP contribution in [-0.4, -0.2) is 36.5 Å². The minimum atomic E-state index is -0.459. The fourth-order valence-corrected chi connectivity index (χ4v) is 3.24. The molecule has 1 aliphatic rings. The number of nitrogens with two attached hydrogens (primary N) is 1. The van der Waals surface area contributed by atoms with Crippen LogP contribution >= 0.6 is 0 Å². The highest BCUT2D eigenvalue weighted by atomic mass is 16.5. The van der Waals surface area contributed by atoms with E-state index in [9.17, 15) is 4.79 Å². The van der Waals surface area contributed by atoms with E-state index in [1.54, 1.807) is 0 Å². The van der Waals surface area contributed by atoms with E-state index in [-0.39, 0.29) is 5.91 Å². The zero-order valence-corrected chi connectivity index (χ0v) is 14.5. The lowest BCUT2D eigenvalue weighted by molar-refractivity contribution is -0.134. The number of hydrogen-bond acceptors (Lipinski definition) is 3. The summed E-state index contributed by atoms with van der Waals surface area (Å²) in [7, 11) is 0. The van der Waals surface area contributed by atoms with Gasteiger partial charge in [-0.1, -0.05) is 48.5 Å². The summed E-state index contributed by atoms with van der Waals surface area (Å²) in [6.07, 6.45) is 2.53. The van der Waals surface area contributed by atoms with Crippen LogP contribution < -0.4 is 10.5 Å². The van der Waals surface area contributed by atoms with E-state index < -0.39 is 6.04 Å². The molecule has 2 N–H and O–H groups in total. The first-order valence-corrected chi connectivity index (χ1v) is 8.98. The van der Waals surface area contributed by atoms with Gasteiger partial charge in [0.15, 0.2) is 0 Å². The Morgan fingerprint density at radius 1 is 1.04 bits per heavy atom. The Bertz CT molecular complexity index is 652. The summed E-state index contributed by atoms with van der Waals surface area (Å²) in [6, 6.07) is 19.4. The summed E-state index contributed by atoms with van der Waals surface area (Å²) >= 11 is 0. The van der Waals surface area contributed by atoms with Gasteiger partial charge < -0.3 is 15.4 Å². The molecule has 0 unspecified atom stereocenters. The fourth-order valence-electron chi connectivity index (χ4n) is 3.24. The third-order valence-electron chi connectivity index (χ3n) is 4.77. The van der Waals surface area contributed by atoms with Crippen molar-refractivity contribution in [3.8, 4) is 5.75 Å². The predicted octanol–water partition coefficient (Wildman–Crippen LogP) is 2.87. The number of para-hydroxylation sites is 1. The van der Waals surface area contributed by atoms with E-state index in [0.29, 0.717) is 18.9 Å². The Kier molecular flexibility index (Phi) is 6.07. The molecular weight excluding hydrogens is 312 g/mol. The molecule has 2 aromatic carbocycles. The van der Waals surface area contributed by atoms with E-state index in [1.165, 1.54) is 0 Å². The average Bonchev–Trinajstić information content (AvgIpc) is 2.68. The molecule has 0 aromatic heterocycles. The van der Waals surface area contributed by atoms with E-state index in [4.69, 9.17) is 10.5 Å². The Morgan fingerprint density at radius 3 is 2.28 bits per heavy atom. The SMILES string of the molecule is N[C@H](Cc1ccccc1)C(=O)N1CCC(COc2ccccc2)CC1. The molecule has 2 aromatic rings. The lowest BCUT2D eigenvalue weighted by atomic mass is 9.96. The quantitative estimate of drug-likeness (QED) is 0.881. The maximum absolute atomic E-state index is 12.6. The molecule has 132 valence electrons. The monoisotopic (exact) mass is 338 g/mol. The van der Waals surface area contributed by atoms with E-state index in [1.807, 2.05) is 65.6 Å². The van der Waals surface area contributed by atoms with Crippen molar-refractivity contribution in [3.05, 3.63) is 66.2 Å². The summed E-state index contributed by atoms with van der Waals surface area (Å²) in [4.78, 5) is 14.5. The molecule has 0 bridgehead atoms. The van der Waals surface area contributed by atoms with Gasteiger partial charge in [0.25, 0.3) is 0 Å². The summed E-state index contributed by atoms with van der Waals surface area (Å²) in [5.74, 6) is 1.46. The Hall–Kier alpha value is -2.33. The average molecular weight is 338 g/mol. The second kappa shape index (κ2) is 8.67. The minimum absolute atomic E-state index is 0.0614. The number of amides is 1. The number of piperidine rings is 1. The van der Waals surface area contributed by atoms with Gasteiger partial charge in [-0.3, -0.25) is 4.79 Å². The molecule has 1 fully saturated rings. The van der Waals surface area contributed by atoms with Crippen LogP contribution in [0.1, 0.15) is 18.4 Å². The molecule has 4 heteroatoms. The van der Waals surface area contributed by atoms with Crippen LogP contribution in [0.3, 0.4) is 0 Å². The number of carbonyl (C=O) groups is 1. The molecule has 1 atom stereocenters. The molecule has 1 saturated heterocycles. The molecule has 4 nitrogen and oxygen atoms in total. The van der Waals surface area contributed by atoms with E-state index in [0.717, 1.165) is 37.2 Å². The van der Waals surface area contributed by atoms with Crippen LogP contribution in [0.5, 0.6) is 5.75 Å². The first-order valence-electron chi connectivity index (χ1n) is 8.98. The summed E-state index contributed by atoms with van der Waals surface area (Å²) in [6.45, 7) is 2.25. The van der Waals surface area contributed by atoms with Gasteiger partial charge in [-0.05, 0) is 42.9 Å². The van der Waals surface area contributed by atoms with Crippen LogP contribution in [0, 0.1) is 5.92 Å². The van der Waals surface area contributed by atoms with Crippen LogP contribution in [0.2, 0.25) is 0 Å². The molecular formula is C21H26N2O2. The first-order chi connectivity index (χ1) is 12.2. The minimum Gasteiger partial charge on any atom is -0.493 e. The second-order valence-corrected chi connectivity index (χ2v) is 6.69. The maximum Gasteiger partial charge on any atom is 0.239 e. The van der Waals surface area contributed by atoms with Crippen molar-refractivity contribution in [1.29, 1.82) is 0 Å². The Morgan fingerprint density at radius 2 is 1.64 bits per heavy atom. The molecule has 0 radical (unpaired) electrons. The lowest BCUT2D eigenvalue weighted by Gasteiger charge is -2.33. The molecule has 0 saturated carbocycles. The van der Waals surface area contributed by atoms with Gasteiger partial charge in [-0.25, -0.2) is 0 Å². The van der Waals surface area contributed by atoms with Crippen molar-refractivity contribution in [2.75, 3.05) is 19.7 Å². The summed E-state index contributed by atoms with van der Waals surface area (Å²) in [5, 5.41) is 0. The fraction of sp³-hybridized carbons (Fsp3) is 0.381. The van der Waals surface area contributed by atoms with Crippen molar-refractivity contribution in [2.45, 2.75) is 25.3 Å². The van der Waals surface area contributed by atoms with Crippen molar-refractivity contribution in [2.24, 2.45) is 11.7 Å². The third-order valence-corrected chi connectivity index (χ3v) is 4.77. The zero-order valence-electron chi connectivity index (χ0n) is 14.5. The molecule has 25 heavy (non-hydrogen) atoms. The van der Waals surface area contributed by atoms with Gasteiger partial charge in [0.2, 0.25) is 5.91 Å². The molecule has 1 heterocycles. The first kappa shape index (κ1) is 17.5. The van der Waals surface area contributed by atoms with E-state index >= 15 is 0 Å². The molecule has 1 aliphatic heterocycles. The number of ether oxygens (including phenoxy) is 1. The Labute approximate surface area is 149 Å².